The number of aliphatic hydroxyl groups is 2. The molecular weight excluding hydrogens is 600 g/mol. The Hall–Kier alpha value is -3.51. The van der Waals surface area contributed by atoms with Gasteiger partial charge in [0.25, 0.3) is 0 Å². The largest absolute Gasteiger partial charge is 0.444 e. The van der Waals surface area contributed by atoms with Gasteiger partial charge in [0.1, 0.15) is 11.6 Å². The Morgan fingerprint density at radius 1 is 0.872 bits per heavy atom. The van der Waals surface area contributed by atoms with E-state index in [9.17, 15) is 24.6 Å². The molecule has 5 atom stereocenters. The van der Waals surface area contributed by atoms with E-state index in [1.54, 1.807) is 20.8 Å². The number of morpholine rings is 1. The fourth-order valence-electron chi connectivity index (χ4n) is 5.53. The van der Waals surface area contributed by atoms with E-state index in [2.05, 4.69) is 20.9 Å². The Morgan fingerprint density at radius 3 is 2.00 bits per heavy atom. The average molecular weight is 655 g/mol. The van der Waals surface area contributed by atoms with Crippen LogP contribution in [0.5, 0.6) is 0 Å². The average Bonchev–Trinajstić information content (AvgIpc) is 3.02. The number of carbonyl (C=O) groups excluding carboxylic acids is 3. The second kappa shape index (κ2) is 18.7. The fraction of sp³-hybridized carbons (Fsp3) is 0.583. The smallest absolute Gasteiger partial charge is 0.407 e. The van der Waals surface area contributed by atoms with Crippen LogP contribution in [0.2, 0.25) is 0 Å². The van der Waals surface area contributed by atoms with E-state index in [1.807, 2.05) is 74.5 Å². The van der Waals surface area contributed by atoms with Crippen LogP contribution in [0.4, 0.5) is 4.79 Å². The number of hydrogen-bond acceptors (Lipinski definition) is 8. The number of nitrogens with zero attached hydrogens (tertiary/aromatic N) is 1. The first-order valence-electron chi connectivity index (χ1n) is 16.6. The molecule has 1 aliphatic rings. The molecule has 5 N–H and O–H groups in total. The molecule has 2 aromatic carbocycles. The maximum absolute atomic E-state index is 13.9. The van der Waals surface area contributed by atoms with E-state index in [0.29, 0.717) is 32.6 Å². The lowest BCUT2D eigenvalue weighted by molar-refractivity contribution is -0.133. The molecule has 1 saturated heterocycles. The number of aliphatic hydroxyl groups excluding tert-OH is 2. The van der Waals surface area contributed by atoms with Gasteiger partial charge < -0.3 is 35.6 Å². The normalized spacial score (nSPS) is 17.2. The summed E-state index contributed by atoms with van der Waals surface area (Å²) in [6.45, 7) is 12.1. The zero-order valence-electron chi connectivity index (χ0n) is 28.5. The molecule has 1 aliphatic heterocycles. The van der Waals surface area contributed by atoms with Crippen molar-refractivity contribution in [3.8, 4) is 0 Å². The van der Waals surface area contributed by atoms with Gasteiger partial charge >= 0.3 is 6.09 Å². The maximum atomic E-state index is 13.9. The Balaban J connectivity index is 1.73. The number of ether oxygens (including phenoxy) is 2. The molecular formula is C36H54N4O7. The van der Waals surface area contributed by atoms with Crippen LogP contribution in [0, 0.1) is 11.8 Å². The Morgan fingerprint density at radius 2 is 1.45 bits per heavy atom. The van der Waals surface area contributed by atoms with Crippen molar-refractivity contribution >= 4 is 17.9 Å². The van der Waals surface area contributed by atoms with E-state index < -0.39 is 41.9 Å². The van der Waals surface area contributed by atoms with Gasteiger partial charge in [-0.15, -0.1) is 0 Å². The van der Waals surface area contributed by atoms with E-state index in [4.69, 9.17) is 9.47 Å². The first kappa shape index (κ1) is 37.9. The fourth-order valence-corrected chi connectivity index (χ4v) is 5.53. The van der Waals surface area contributed by atoms with Gasteiger partial charge in [-0.1, -0.05) is 74.5 Å². The number of carbonyl (C=O) groups is 3. The molecule has 0 aliphatic carbocycles. The van der Waals surface area contributed by atoms with E-state index in [1.165, 1.54) is 0 Å². The number of nitrogens with one attached hydrogen (secondary N) is 3. The maximum Gasteiger partial charge on any atom is 0.407 e. The standard InChI is InChI=1S/C36H54N4O7/c1-25(2)32(34(44)37-23-29(41)24-40-16-18-46-19-17-40)39-33(43)28(20-26-12-8-6-9-13-26)22-31(42)30(21-27-14-10-7-11-15-27)38-35(45)47-36(3,4)5/h6-15,25,28-32,41-42H,16-24H2,1-5H3,(H,37,44)(H,38,45)(H,39,43)/t28-,29?,30+,31+,32+/m1/s1. The molecule has 11 nitrogen and oxygen atoms in total. The molecule has 11 heteroatoms. The number of rotatable bonds is 16. The topological polar surface area (TPSA) is 149 Å². The van der Waals surface area contributed by atoms with Crippen LogP contribution < -0.4 is 16.0 Å². The van der Waals surface area contributed by atoms with Gasteiger partial charge in [0, 0.05) is 32.1 Å². The van der Waals surface area contributed by atoms with Crippen molar-refractivity contribution in [1.29, 1.82) is 0 Å². The van der Waals surface area contributed by atoms with Gasteiger partial charge in [-0.25, -0.2) is 4.79 Å². The lowest BCUT2D eigenvalue weighted by Gasteiger charge is -2.30. The van der Waals surface area contributed by atoms with Crippen LogP contribution in [0.3, 0.4) is 0 Å². The third kappa shape index (κ3) is 14.0. The second-order valence-corrected chi connectivity index (χ2v) is 13.7. The molecule has 1 unspecified atom stereocenters. The summed E-state index contributed by atoms with van der Waals surface area (Å²) in [4.78, 5) is 42.1. The van der Waals surface area contributed by atoms with Crippen molar-refractivity contribution in [3.05, 3.63) is 71.8 Å². The first-order chi connectivity index (χ1) is 22.3. The Labute approximate surface area is 279 Å². The van der Waals surface area contributed by atoms with Crippen LogP contribution >= 0.6 is 0 Å². The highest BCUT2D eigenvalue weighted by Gasteiger charge is 2.33. The highest BCUT2D eigenvalue weighted by molar-refractivity contribution is 5.88. The minimum absolute atomic E-state index is 0.0265. The molecule has 0 spiro atoms. The van der Waals surface area contributed by atoms with Gasteiger partial charge in [-0.2, -0.15) is 0 Å². The van der Waals surface area contributed by atoms with Crippen molar-refractivity contribution in [2.45, 2.75) is 83.8 Å². The summed E-state index contributed by atoms with van der Waals surface area (Å²) < 4.78 is 10.8. The van der Waals surface area contributed by atoms with Gasteiger partial charge in [0.2, 0.25) is 11.8 Å². The number of amides is 3. The quantitative estimate of drug-likeness (QED) is 0.186. The molecule has 3 amide bonds. The summed E-state index contributed by atoms with van der Waals surface area (Å²) >= 11 is 0. The molecule has 0 saturated carbocycles. The SMILES string of the molecule is CC(C)[C@H](NC(=O)[C@H](Cc1ccccc1)C[C@H](O)[C@H](Cc1ccccc1)NC(=O)OC(C)(C)C)C(=O)NCC(O)CN1CCOCC1. The molecule has 47 heavy (non-hydrogen) atoms. The summed E-state index contributed by atoms with van der Waals surface area (Å²) in [5.74, 6) is -1.72. The predicted octanol–water partition coefficient (Wildman–Crippen LogP) is 2.68. The molecule has 260 valence electrons. The van der Waals surface area contributed by atoms with E-state index in [0.717, 1.165) is 24.2 Å². The van der Waals surface area contributed by atoms with Crippen molar-refractivity contribution in [2.24, 2.45) is 11.8 Å². The first-order valence-corrected chi connectivity index (χ1v) is 16.6. The van der Waals surface area contributed by atoms with Crippen LogP contribution in [0.25, 0.3) is 0 Å². The van der Waals surface area contributed by atoms with Crippen molar-refractivity contribution in [3.63, 3.8) is 0 Å². The minimum Gasteiger partial charge on any atom is -0.444 e. The van der Waals surface area contributed by atoms with E-state index >= 15 is 0 Å². The van der Waals surface area contributed by atoms with Gasteiger partial charge in [0.15, 0.2) is 0 Å². The molecule has 3 rings (SSSR count). The number of benzene rings is 2. The third-order valence-corrected chi connectivity index (χ3v) is 8.02. The molecule has 1 fully saturated rings. The third-order valence-electron chi connectivity index (χ3n) is 8.02. The van der Waals surface area contributed by atoms with Gasteiger partial charge in [0.05, 0.1) is 31.5 Å². The van der Waals surface area contributed by atoms with Crippen LogP contribution in [0.1, 0.15) is 52.2 Å². The zero-order valence-corrected chi connectivity index (χ0v) is 28.5. The summed E-state index contributed by atoms with van der Waals surface area (Å²) in [7, 11) is 0. The van der Waals surface area contributed by atoms with Crippen LogP contribution in [-0.4, -0.2) is 102 Å². The summed E-state index contributed by atoms with van der Waals surface area (Å²) in [6, 6.07) is 17.4. The predicted molar refractivity (Wildman–Crippen MR) is 181 cm³/mol. The molecule has 0 aromatic heterocycles. The molecule has 1 heterocycles. The second-order valence-electron chi connectivity index (χ2n) is 13.7. The van der Waals surface area contributed by atoms with Crippen molar-refractivity contribution in [2.75, 3.05) is 39.4 Å². The van der Waals surface area contributed by atoms with Crippen molar-refractivity contribution < 1.29 is 34.1 Å². The highest BCUT2D eigenvalue weighted by Crippen LogP contribution is 2.20. The van der Waals surface area contributed by atoms with Crippen LogP contribution in [0.15, 0.2) is 60.7 Å². The minimum atomic E-state index is -1.11. The number of hydrogen-bond donors (Lipinski definition) is 5. The van der Waals surface area contributed by atoms with Crippen LogP contribution in [-0.2, 0) is 31.9 Å². The lowest BCUT2D eigenvalue weighted by Crippen LogP contribution is -2.54. The summed E-state index contributed by atoms with van der Waals surface area (Å²) in [6.07, 6.45) is -1.86. The van der Waals surface area contributed by atoms with Crippen molar-refractivity contribution in [1.82, 2.24) is 20.9 Å². The molecule has 0 bridgehead atoms. The summed E-state index contributed by atoms with van der Waals surface area (Å²) in [5, 5.41) is 30.7. The zero-order chi connectivity index (χ0) is 34.4. The van der Waals surface area contributed by atoms with Gasteiger partial charge in [-0.3, -0.25) is 14.5 Å². The molecule has 2 aromatic rings. The van der Waals surface area contributed by atoms with Gasteiger partial charge in [-0.05, 0) is 57.1 Å². The number of β-amino-alcohol motifs (C(OH)–C–C–N with tert-alkyl or cyclic N) is 1. The Bertz CT molecular complexity index is 1230. The highest BCUT2D eigenvalue weighted by atomic mass is 16.6. The van der Waals surface area contributed by atoms with E-state index in [-0.39, 0.29) is 30.7 Å². The Kier molecular flexibility index (Phi) is 15.1. The number of alkyl carbamates (subject to hydrolysis) is 1. The molecule has 0 radical (unpaired) electrons. The monoisotopic (exact) mass is 654 g/mol. The lowest BCUT2D eigenvalue weighted by atomic mass is 9.88. The summed E-state index contributed by atoms with van der Waals surface area (Å²) in [5.41, 5.74) is 1.08.